The minimum atomic E-state index is -0.303. The molecule has 1 amide bonds. The fourth-order valence-corrected chi connectivity index (χ4v) is 3.99. The van der Waals surface area contributed by atoms with Gasteiger partial charge in [-0.1, -0.05) is 30.3 Å². The number of thiophene rings is 1. The van der Waals surface area contributed by atoms with Crippen molar-refractivity contribution in [1.82, 2.24) is 9.46 Å². The number of fused-ring (bicyclic) bond motifs is 3. The maximum absolute atomic E-state index is 13.1. The minimum absolute atomic E-state index is 0.155. The summed E-state index contributed by atoms with van der Waals surface area (Å²) in [5.74, 6) is -0.303. The van der Waals surface area contributed by atoms with E-state index in [9.17, 15) is 9.59 Å². The predicted molar refractivity (Wildman–Crippen MR) is 104 cm³/mol. The highest BCUT2D eigenvalue weighted by Gasteiger charge is 2.21. The van der Waals surface area contributed by atoms with Gasteiger partial charge in [0.25, 0.3) is 11.5 Å². The third-order valence-corrected chi connectivity index (χ3v) is 5.36. The van der Waals surface area contributed by atoms with Crippen LogP contribution in [0.4, 0.5) is 0 Å². The molecule has 0 saturated carbocycles. The molecule has 5 nitrogen and oxygen atoms in total. The topological polar surface area (TPSA) is 51.0 Å². The maximum Gasteiger partial charge on any atom is 0.279 e. The number of pyridine rings is 2. The highest BCUT2D eigenvalue weighted by molar-refractivity contribution is 7.18. The van der Waals surface area contributed by atoms with Crippen molar-refractivity contribution in [1.29, 1.82) is 0 Å². The Hall–Kier alpha value is -2.96. The smallest absolute Gasteiger partial charge is 0.279 e. The largest absolute Gasteiger partial charge is 0.281 e. The van der Waals surface area contributed by atoms with Crippen LogP contribution in [0.15, 0.2) is 64.9 Å². The molecule has 26 heavy (non-hydrogen) atoms. The third kappa shape index (κ3) is 2.51. The molecule has 0 N–H and O–H groups in total. The Balaban J connectivity index is 2.14. The number of carbonyl (C=O) groups is 1. The van der Waals surface area contributed by atoms with Gasteiger partial charge >= 0.3 is 0 Å². The van der Waals surface area contributed by atoms with E-state index < -0.39 is 0 Å². The molecule has 3 aromatic heterocycles. The second-order valence-electron chi connectivity index (χ2n) is 5.87. The molecule has 1 aromatic carbocycles. The number of rotatable bonds is 3. The van der Waals surface area contributed by atoms with Gasteiger partial charge in [-0.15, -0.1) is 11.3 Å². The van der Waals surface area contributed by atoms with Crippen molar-refractivity contribution in [2.45, 2.75) is 0 Å². The SMILES string of the molecule is CON(C)C(=O)c1cc(-c2ccccc2)c(=O)n2ccc3ccsc3c12. The number of aromatic nitrogens is 1. The summed E-state index contributed by atoms with van der Waals surface area (Å²) < 4.78 is 2.45. The molecule has 0 radical (unpaired) electrons. The molecule has 6 heteroatoms. The van der Waals surface area contributed by atoms with Gasteiger partial charge in [0.05, 0.1) is 22.9 Å². The quantitative estimate of drug-likeness (QED) is 0.520. The zero-order valence-electron chi connectivity index (χ0n) is 14.3. The van der Waals surface area contributed by atoms with Crippen molar-refractivity contribution in [2.24, 2.45) is 0 Å². The van der Waals surface area contributed by atoms with Crippen molar-refractivity contribution in [3.63, 3.8) is 0 Å². The van der Waals surface area contributed by atoms with Crippen LogP contribution < -0.4 is 5.56 Å². The molecule has 0 fully saturated rings. The Morgan fingerprint density at radius 2 is 1.92 bits per heavy atom. The van der Waals surface area contributed by atoms with Crippen LogP contribution in [0.3, 0.4) is 0 Å². The molecule has 0 aliphatic heterocycles. The predicted octanol–water partition coefficient (Wildman–Crippen LogP) is 3.81. The van der Waals surface area contributed by atoms with Crippen LogP contribution in [0.2, 0.25) is 0 Å². The van der Waals surface area contributed by atoms with Gasteiger partial charge in [0.1, 0.15) is 0 Å². The van der Waals surface area contributed by atoms with Gasteiger partial charge in [-0.3, -0.25) is 18.8 Å². The molecule has 0 spiro atoms. The van der Waals surface area contributed by atoms with E-state index in [2.05, 4.69) is 0 Å². The first-order chi connectivity index (χ1) is 12.6. The summed E-state index contributed by atoms with van der Waals surface area (Å²) in [6.45, 7) is 0. The molecule has 4 rings (SSSR count). The summed E-state index contributed by atoms with van der Waals surface area (Å²) >= 11 is 1.51. The standard InChI is InChI=1S/C20H16N2O3S/c1-21(25-2)19(23)16-12-15(13-6-4-3-5-7-13)20(24)22-10-8-14-9-11-26-18(14)17(16)22/h3-12H,1-2H3. The lowest BCUT2D eigenvalue weighted by atomic mass is 10.0. The van der Waals surface area contributed by atoms with Gasteiger partial charge in [0.15, 0.2) is 0 Å². The summed E-state index contributed by atoms with van der Waals surface area (Å²) in [5.41, 5.74) is 2.13. The van der Waals surface area contributed by atoms with E-state index in [0.717, 1.165) is 15.6 Å². The van der Waals surface area contributed by atoms with Crippen LogP contribution in [0, 0.1) is 0 Å². The van der Waals surface area contributed by atoms with E-state index in [-0.39, 0.29) is 11.5 Å². The number of hydrogen-bond acceptors (Lipinski definition) is 4. The van der Waals surface area contributed by atoms with Crippen LogP contribution in [0.25, 0.3) is 26.7 Å². The number of hydroxylamine groups is 2. The minimum Gasteiger partial charge on any atom is -0.281 e. The number of carbonyl (C=O) groups excluding carboxylic acids is 1. The van der Waals surface area contributed by atoms with Crippen molar-refractivity contribution in [3.05, 3.63) is 76.0 Å². The summed E-state index contributed by atoms with van der Waals surface area (Å²) in [7, 11) is 2.99. The van der Waals surface area contributed by atoms with E-state index in [1.54, 1.807) is 23.7 Å². The molecular weight excluding hydrogens is 348 g/mol. The monoisotopic (exact) mass is 364 g/mol. The van der Waals surface area contributed by atoms with Gasteiger partial charge in [-0.2, -0.15) is 0 Å². The Kier molecular flexibility index (Phi) is 4.06. The first kappa shape index (κ1) is 16.5. The highest BCUT2D eigenvalue weighted by atomic mass is 32.1. The van der Waals surface area contributed by atoms with Crippen molar-refractivity contribution >= 4 is 32.8 Å². The molecular formula is C20H16N2O3S. The molecule has 3 heterocycles. The number of hydrogen-bond donors (Lipinski definition) is 0. The van der Waals surface area contributed by atoms with Crippen LogP contribution in [-0.4, -0.2) is 29.5 Å². The number of nitrogens with zero attached hydrogens (tertiary/aromatic N) is 2. The van der Waals surface area contributed by atoms with Gasteiger partial charge in [-0.25, -0.2) is 5.06 Å². The van der Waals surface area contributed by atoms with E-state index in [1.807, 2.05) is 47.8 Å². The number of benzene rings is 1. The summed E-state index contributed by atoms with van der Waals surface area (Å²) in [6, 6.07) is 14.9. The molecule has 130 valence electrons. The third-order valence-electron chi connectivity index (χ3n) is 4.42. The maximum atomic E-state index is 13.1. The Labute approximate surface area is 153 Å². The fourth-order valence-electron chi connectivity index (χ4n) is 3.05. The van der Waals surface area contributed by atoms with Crippen LogP contribution in [0.5, 0.6) is 0 Å². The molecule has 0 unspecified atom stereocenters. The summed E-state index contributed by atoms with van der Waals surface area (Å²) in [6.07, 6.45) is 1.72. The first-order valence-electron chi connectivity index (χ1n) is 8.05. The Morgan fingerprint density at radius 1 is 1.15 bits per heavy atom. The first-order valence-corrected chi connectivity index (χ1v) is 8.93. The molecule has 0 atom stereocenters. The lowest BCUT2D eigenvalue weighted by Crippen LogP contribution is -2.28. The Morgan fingerprint density at radius 3 is 2.65 bits per heavy atom. The highest BCUT2D eigenvalue weighted by Crippen LogP contribution is 2.29. The molecule has 0 bridgehead atoms. The summed E-state index contributed by atoms with van der Waals surface area (Å²) in [4.78, 5) is 31.1. The van der Waals surface area contributed by atoms with Gasteiger partial charge in [0, 0.05) is 18.8 Å². The molecule has 0 aliphatic rings. The van der Waals surface area contributed by atoms with Crippen LogP contribution >= 0.6 is 11.3 Å². The zero-order chi connectivity index (χ0) is 18.3. The van der Waals surface area contributed by atoms with Crippen LogP contribution in [0.1, 0.15) is 10.4 Å². The Bertz CT molecular complexity index is 1180. The van der Waals surface area contributed by atoms with Crippen molar-refractivity contribution < 1.29 is 9.63 Å². The number of amides is 1. The second kappa shape index (κ2) is 6.40. The normalized spacial score (nSPS) is 11.2. The molecule has 0 saturated heterocycles. The average Bonchev–Trinajstić information content (AvgIpc) is 3.16. The van der Waals surface area contributed by atoms with Gasteiger partial charge in [0.2, 0.25) is 0 Å². The lowest BCUT2D eigenvalue weighted by Gasteiger charge is -2.17. The summed E-state index contributed by atoms with van der Waals surface area (Å²) in [5, 5.41) is 4.12. The van der Waals surface area contributed by atoms with Gasteiger partial charge in [-0.05, 0) is 34.5 Å². The average molecular weight is 364 g/mol. The van der Waals surface area contributed by atoms with E-state index in [4.69, 9.17) is 4.84 Å². The molecule has 4 aromatic rings. The van der Waals surface area contributed by atoms with Crippen LogP contribution in [-0.2, 0) is 4.84 Å². The molecule has 0 aliphatic carbocycles. The second-order valence-corrected chi connectivity index (χ2v) is 6.78. The van der Waals surface area contributed by atoms with E-state index >= 15 is 0 Å². The lowest BCUT2D eigenvalue weighted by molar-refractivity contribution is -0.0755. The van der Waals surface area contributed by atoms with Gasteiger partial charge < -0.3 is 0 Å². The fraction of sp³-hybridized carbons (Fsp3) is 0.100. The zero-order valence-corrected chi connectivity index (χ0v) is 15.1. The van der Waals surface area contributed by atoms with E-state index in [0.29, 0.717) is 16.6 Å². The van der Waals surface area contributed by atoms with Crippen molar-refractivity contribution in [2.75, 3.05) is 14.2 Å². The van der Waals surface area contributed by atoms with E-state index in [1.165, 1.54) is 23.5 Å². The van der Waals surface area contributed by atoms with Crippen molar-refractivity contribution in [3.8, 4) is 11.1 Å².